The Morgan fingerprint density at radius 1 is 1.16 bits per heavy atom. The van der Waals surface area contributed by atoms with Crippen molar-refractivity contribution in [2.45, 2.75) is 38.8 Å². The van der Waals surface area contributed by atoms with E-state index in [-0.39, 0.29) is 6.42 Å². The van der Waals surface area contributed by atoms with E-state index in [1.807, 2.05) is 0 Å². The number of carbonyl (C=O) groups is 4. The molecule has 1 saturated heterocycles. The number of aliphatic carboxylic acids is 1. The summed E-state index contributed by atoms with van der Waals surface area (Å²) in [6, 6.07) is 6.72. The molecule has 1 aliphatic rings. The first-order chi connectivity index (χ1) is 11.6. The topological polar surface area (TPSA) is 104 Å². The van der Waals surface area contributed by atoms with Gasteiger partial charge in [-0.25, -0.2) is 14.5 Å². The van der Waals surface area contributed by atoms with Crippen LogP contribution in [0.2, 0.25) is 0 Å². The van der Waals surface area contributed by atoms with Crippen LogP contribution in [-0.4, -0.2) is 57.1 Å². The Morgan fingerprint density at radius 2 is 1.76 bits per heavy atom. The summed E-state index contributed by atoms with van der Waals surface area (Å²) in [5.74, 6) is -2.08. The van der Waals surface area contributed by atoms with Crippen LogP contribution in [0.4, 0.5) is 9.59 Å². The molecule has 1 heterocycles. The summed E-state index contributed by atoms with van der Waals surface area (Å²) in [5.41, 5.74) is -0.128. The number of rotatable bonds is 4. The maximum absolute atomic E-state index is 12.5. The maximum atomic E-state index is 12.5. The molecule has 0 aromatic heterocycles. The van der Waals surface area contributed by atoms with Gasteiger partial charge in [0.1, 0.15) is 18.2 Å². The molecule has 1 atom stereocenters. The van der Waals surface area contributed by atoms with Crippen molar-refractivity contribution in [1.82, 2.24) is 9.80 Å². The molecular formula is C17H20N2O6. The fourth-order valence-corrected chi connectivity index (χ4v) is 2.46. The van der Waals surface area contributed by atoms with Gasteiger partial charge in [-0.15, -0.1) is 0 Å². The Hall–Kier alpha value is -2.90. The first kappa shape index (κ1) is 18.4. The molecule has 1 N–H and O–H groups in total. The van der Waals surface area contributed by atoms with Crippen LogP contribution < -0.4 is 0 Å². The molecule has 8 heteroatoms. The lowest BCUT2D eigenvalue weighted by atomic mass is 10.1. The molecule has 1 fully saturated rings. The number of hydrogen-bond donors (Lipinski definition) is 1. The van der Waals surface area contributed by atoms with Crippen molar-refractivity contribution in [3.63, 3.8) is 0 Å². The minimum absolute atomic E-state index is 0.0841. The first-order valence-electron chi connectivity index (χ1n) is 7.73. The molecule has 0 unspecified atom stereocenters. The number of urea groups is 1. The van der Waals surface area contributed by atoms with E-state index in [0.717, 1.165) is 5.56 Å². The van der Waals surface area contributed by atoms with Crippen LogP contribution in [0.3, 0.4) is 0 Å². The highest BCUT2D eigenvalue weighted by Gasteiger charge is 2.50. The highest BCUT2D eigenvalue weighted by atomic mass is 16.6. The molecule has 8 nitrogen and oxygen atoms in total. The van der Waals surface area contributed by atoms with E-state index >= 15 is 0 Å². The van der Waals surface area contributed by atoms with Crippen molar-refractivity contribution in [3.8, 4) is 0 Å². The van der Waals surface area contributed by atoms with Gasteiger partial charge in [0, 0.05) is 6.42 Å². The SMILES string of the molecule is CC(C)(C)OC(=O)N1C(=O)N(CC(=O)O)C(=O)[C@@H]1Cc1ccccc1. The minimum Gasteiger partial charge on any atom is -0.480 e. The second-order valence-electron chi connectivity index (χ2n) is 6.66. The first-order valence-corrected chi connectivity index (χ1v) is 7.73. The van der Waals surface area contributed by atoms with E-state index in [2.05, 4.69) is 0 Å². The molecule has 25 heavy (non-hydrogen) atoms. The highest BCUT2D eigenvalue weighted by molar-refractivity contribution is 6.11. The van der Waals surface area contributed by atoms with Gasteiger partial charge < -0.3 is 9.84 Å². The number of carboxylic acids is 1. The van der Waals surface area contributed by atoms with Crippen LogP contribution >= 0.6 is 0 Å². The van der Waals surface area contributed by atoms with E-state index in [4.69, 9.17) is 9.84 Å². The zero-order valence-corrected chi connectivity index (χ0v) is 14.3. The predicted molar refractivity (Wildman–Crippen MR) is 86.8 cm³/mol. The number of carboxylic acid groups (broad SMARTS) is 1. The molecule has 2 rings (SSSR count). The largest absolute Gasteiger partial charge is 0.480 e. The van der Waals surface area contributed by atoms with Crippen LogP contribution in [-0.2, 0) is 20.7 Å². The second-order valence-corrected chi connectivity index (χ2v) is 6.66. The number of amides is 4. The monoisotopic (exact) mass is 348 g/mol. The Morgan fingerprint density at radius 3 is 2.28 bits per heavy atom. The Balaban J connectivity index is 2.33. The normalized spacial score (nSPS) is 17.8. The second kappa shape index (κ2) is 6.92. The van der Waals surface area contributed by atoms with Gasteiger partial charge >= 0.3 is 18.1 Å². The summed E-state index contributed by atoms with van der Waals surface area (Å²) in [6.07, 6.45) is -0.888. The van der Waals surface area contributed by atoms with E-state index in [1.54, 1.807) is 51.1 Å². The van der Waals surface area contributed by atoms with E-state index in [9.17, 15) is 19.2 Å². The number of imide groups is 2. The fraction of sp³-hybridized carbons (Fsp3) is 0.412. The molecular weight excluding hydrogens is 328 g/mol. The highest BCUT2D eigenvalue weighted by Crippen LogP contribution is 2.24. The predicted octanol–water partition coefficient (Wildman–Crippen LogP) is 1.88. The van der Waals surface area contributed by atoms with Gasteiger partial charge in [-0.1, -0.05) is 30.3 Å². The summed E-state index contributed by atoms with van der Waals surface area (Å²) in [6.45, 7) is 4.10. The number of nitrogens with zero attached hydrogens (tertiary/aromatic N) is 2. The van der Waals surface area contributed by atoms with Crippen molar-refractivity contribution in [2.75, 3.05) is 6.54 Å². The molecule has 0 radical (unpaired) electrons. The van der Waals surface area contributed by atoms with Gasteiger partial charge in [-0.2, -0.15) is 0 Å². The van der Waals surface area contributed by atoms with Crippen molar-refractivity contribution < 1.29 is 29.0 Å². The molecule has 0 aliphatic carbocycles. The van der Waals surface area contributed by atoms with Crippen molar-refractivity contribution in [1.29, 1.82) is 0 Å². The van der Waals surface area contributed by atoms with Gasteiger partial charge in [0.25, 0.3) is 5.91 Å². The summed E-state index contributed by atoms with van der Waals surface area (Å²) in [7, 11) is 0. The molecule has 0 saturated carbocycles. The lowest BCUT2D eigenvalue weighted by Gasteiger charge is -2.25. The standard InChI is InChI=1S/C17H20N2O6/c1-17(2,3)25-16(24)19-12(9-11-7-5-4-6-8-11)14(22)18(15(19)23)10-13(20)21/h4-8,12H,9-10H2,1-3H3,(H,20,21)/t12-/m0/s1. The number of benzene rings is 1. The molecule has 0 bridgehead atoms. The zero-order valence-electron chi connectivity index (χ0n) is 14.3. The van der Waals surface area contributed by atoms with Crippen molar-refractivity contribution in [2.24, 2.45) is 0 Å². The molecule has 1 aromatic carbocycles. The quantitative estimate of drug-likeness (QED) is 0.833. The van der Waals surface area contributed by atoms with Gasteiger partial charge in [0.05, 0.1) is 0 Å². The third kappa shape index (κ3) is 4.34. The lowest BCUT2D eigenvalue weighted by Crippen LogP contribution is -2.44. The van der Waals surface area contributed by atoms with Gasteiger partial charge in [0.2, 0.25) is 0 Å². The smallest absolute Gasteiger partial charge is 0.419 e. The summed E-state index contributed by atoms with van der Waals surface area (Å²) in [5, 5.41) is 8.92. The fourth-order valence-electron chi connectivity index (χ4n) is 2.46. The molecule has 134 valence electrons. The average molecular weight is 348 g/mol. The lowest BCUT2D eigenvalue weighted by molar-refractivity contribution is -0.141. The Bertz CT molecular complexity index is 695. The molecule has 1 aromatic rings. The van der Waals surface area contributed by atoms with Crippen LogP contribution in [0, 0.1) is 0 Å². The third-order valence-corrected chi connectivity index (χ3v) is 3.46. The van der Waals surface area contributed by atoms with E-state index < -0.39 is 42.2 Å². The summed E-state index contributed by atoms with van der Waals surface area (Å²) in [4.78, 5) is 49.6. The molecule has 1 aliphatic heterocycles. The van der Waals surface area contributed by atoms with E-state index in [0.29, 0.717) is 9.80 Å². The third-order valence-electron chi connectivity index (χ3n) is 3.46. The van der Waals surface area contributed by atoms with Crippen LogP contribution in [0.15, 0.2) is 30.3 Å². The summed E-state index contributed by atoms with van der Waals surface area (Å²) < 4.78 is 5.20. The number of carbonyl (C=O) groups excluding carboxylic acids is 3. The number of hydrogen-bond acceptors (Lipinski definition) is 5. The van der Waals surface area contributed by atoms with Gasteiger partial charge in [-0.05, 0) is 26.3 Å². The molecule has 4 amide bonds. The van der Waals surface area contributed by atoms with Gasteiger partial charge in [0.15, 0.2) is 0 Å². The zero-order chi connectivity index (χ0) is 18.8. The van der Waals surface area contributed by atoms with Crippen molar-refractivity contribution in [3.05, 3.63) is 35.9 Å². The van der Waals surface area contributed by atoms with Gasteiger partial charge in [-0.3, -0.25) is 14.5 Å². The average Bonchev–Trinajstić information content (AvgIpc) is 2.71. The van der Waals surface area contributed by atoms with Crippen LogP contribution in [0.25, 0.3) is 0 Å². The Kier molecular flexibility index (Phi) is 5.10. The minimum atomic E-state index is -1.34. The van der Waals surface area contributed by atoms with Crippen LogP contribution in [0.1, 0.15) is 26.3 Å². The Labute approximate surface area is 145 Å². The molecule has 0 spiro atoms. The number of ether oxygens (including phenoxy) is 1. The van der Waals surface area contributed by atoms with E-state index in [1.165, 1.54) is 0 Å². The summed E-state index contributed by atoms with van der Waals surface area (Å²) >= 11 is 0. The van der Waals surface area contributed by atoms with Crippen molar-refractivity contribution >= 4 is 24.0 Å². The van der Waals surface area contributed by atoms with Crippen LogP contribution in [0.5, 0.6) is 0 Å². The maximum Gasteiger partial charge on any atom is 0.419 e.